The summed E-state index contributed by atoms with van der Waals surface area (Å²) in [5, 5.41) is 0. The molecule has 0 N–H and O–H groups in total. The Kier molecular flexibility index (Phi) is 15.5. The van der Waals surface area contributed by atoms with Crippen molar-refractivity contribution >= 4 is 5.97 Å². The average Bonchev–Trinajstić information content (AvgIpc) is 3.44. The summed E-state index contributed by atoms with van der Waals surface area (Å²) < 4.78 is 6.10. The van der Waals surface area contributed by atoms with Crippen molar-refractivity contribution in [1.82, 2.24) is 0 Å². The van der Waals surface area contributed by atoms with E-state index in [1.165, 1.54) is 44.9 Å². The second-order valence-electron chi connectivity index (χ2n) is 16.9. The van der Waals surface area contributed by atoms with Crippen LogP contribution < -0.4 is 0 Å². The Bertz CT molecular complexity index is 1240. The topological polar surface area (TPSA) is 26.3 Å². The third-order valence-corrected chi connectivity index (χ3v) is 13.6. The zero-order chi connectivity index (χ0) is 35.3. The highest BCUT2D eigenvalue weighted by molar-refractivity contribution is 5.69. The van der Waals surface area contributed by atoms with Crippen LogP contribution in [0.25, 0.3) is 0 Å². The van der Waals surface area contributed by atoms with Crippen LogP contribution in [0.2, 0.25) is 0 Å². The van der Waals surface area contributed by atoms with Gasteiger partial charge in [-0.15, -0.1) is 0 Å². The van der Waals surface area contributed by atoms with Gasteiger partial charge >= 0.3 is 5.97 Å². The third-order valence-electron chi connectivity index (χ3n) is 13.6. The summed E-state index contributed by atoms with van der Waals surface area (Å²) in [5.74, 6) is 5.43. The summed E-state index contributed by atoms with van der Waals surface area (Å²) in [6, 6.07) is 0. The quantitative estimate of drug-likeness (QED) is 0.0667. The number of rotatable bonds is 17. The molecule has 3 fully saturated rings. The van der Waals surface area contributed by atoms with E-state index in [0.717, 1.165) is 74.5 Å². The first-order valence-corrected chi connectivity index (χ1v) is 20.5. The van der Waals surface area contributed by atoms with Gasteiger partial charge in [0, 0.05) is 12.8 Å². The van der Waals surface area contributed by atoms with E-state index in [0.29, 0.717) is 29.1 Å². The molecule has 0 radical (unpaired) electrons. The Morgan fingerprint density at radius 2 is 1.55 bits per heavy atom. The van der Waals surface area contributed by atoms with Gasteiger partial charge in [0.1, 0.15) is 6.10 Å². The van der Waals surface area contributed by atoms with E-state index in [4.69, 9.17) is 4.74 Å². The van der Waals surface area contributed by atoms with Crippen LogP contribution in [0.1, 0.15) is 145 Å². The summed E-state index contributed by atoms with van der Waals surface area (Å²) in [6.07, 6.45) is 45.8. The van der Waals surface area contributed by atoms with Gasteiger partial charge in [0.2, 0.25) is 0 Å². The predicted octanol–water partition coefficient (Wildman–Crippen LogP) is 13.5. The van der Waals surface area contributed by atoms with Crippen LogP contribution in [0.3, 0.4) is 0 Å². The van der Waals surface area contributed by atoms with Crippen LogP contribution >= 0.6 is 0 Å². The number of allylic oxidation sites excluding steroid dienone is 13. The van der Waals surface area contributed by atoms with E-state index in [1.54, 1.807) is 5.57 Å². The molecule has 0 aromatic rings. The molecule has 272 valence electrons. The van der Waals surface area contributed by atoms with Crippen LogP contribution in [0.4, 0.5) is 0 Å². The Hall–Kier alpha value is -2.35. The molecule has 9 atom stereocenters. The van der Waals surface area contributed by atoms with Gasteiger partial charge in [0.15, 0.2) is 0 Å². The van der Waals surface area contributed by atoms with Gasteiger partial charge in [-0.3, -0.25) is 4.79 Å². The second kappa shape index (κ2) is 19.3. The summed E-state index contributed by atoms with van der Waals surface area (Å²) in [5.41, 5.74) is 2.39. The van der Waals surface area contributed by atoms with Gasteiger partial charge in [-0.2, -0.15) is 0 Å². The van der Waals surface area contributed by atoms with Crippen LogP contribution in [-0.4, -0.2) is 12.1 Å². The average molecular weight is 669 g/mol. The summed E-state index contributed by atoms with van der Waals surface area (Å²) >= 11 is 0. The van der Waals surface area contributed by atoms with Gasteiger partial charge < -0.3 is 4.74 Å². The maximum atomic E-state index is 12.8. The molecule has 49 heavy (non-hydrogen) atoms. The van der Waals surface area contributed by atoms with Crippen molar-refractivity contribution < 1.29 is 9.53 Å². The highest BCUT2D eigenvalue weighted by Gasteiger charge is 2.59. The van der Waals surface area contributed by atoms with Crippen molar-refractivity contribution in [2.45, 2.75) is 151 Å². The van der Waals surface area contributed by atoms with Crippen LogP contribution in [-0.2, 0) is 9.53 Å². The summed E-state index contributed by atoms with van der Waals surface area (Å²) in [6.45, 7) is 17.0. The van der Waals surface area contributed by atoms with E-state index >= 15 is 0 Å². The van der Waals surface area contributed by atoms with Gasteiger partial charge in [-0.05, 0) is 129 Å². The lowest BCUT2D eigenvalue weighted by molar-refractivity contribution is -0.151. The number of carbonyl (C=O) groups excluding carboxylic acids is 1. The fourth-order valence-electron chi connectivity index (χ4n) is 10.6. The minimum atomic E-state index is 0.0136. The van der Waals surface area contributed by atoms with Crippen molar-refractivity contribution in [2.75, 3.05) is 0 Å². The van der Waals surface area contributed by atoms with Crippen LogP contribution in [0.15, 0.2) is 84.6 Å². The molecule has 0 saturated heterocycles. The fourth-order valence-corrected chi connectivity index (χ4v) is 10.6. The van der Waals surface area contributed by atoms with Gasteiger partial charge in [0.25, 0.3) is 0 Å². The number of ether oxygens (including phenoxy) is 1. The van der Waals surface area contributed by atoms with Crippen molar-refractivity contribution in [3.63, 3.8) is 0 Å². The number of hydrogen-bond donors (Lipinski definition) is 0. The zero-order valence-corrected chi connectivity index (χ0v) is 32.5. The molecule has 4 aliphatic rings. The van der Waals surface area contributed by atoms with Crippen LogP contribution in [0.5, 0.6) is 0 Å². The highest BCUT2D eigenvalue weighted by atomic mass is 16.5. The highest BCUT2D eigenvalue weighted by Crippen LogP contribution is 2.67. The molecule has 2 nitrogen and oxygen atoms in total. The Morgan fingerprint density at radius 3 is 2.24 bits per heavy atom. The third kappa shape index (κ3) is 10.4. The molecule has 4 rings (SSSR count). The van der Waals surface area contributed by atoms with Crippen molar-refractivity contribution in [2.24, 2.45) is 52.3 Å². The number of hydrogen-bond acceptors (Lipinski definition) is 2. The maximum absolute atomic E-state index is 12.8. The molecule has 2 heteroatoms. The molecule has 0 spiro atoms. The number of esters is 1. The normalized spacial score (nSPS) is 33.2. The predicted molar refractivity (Wildman–Crippen MR) is 211 cm³/mol. The smallest absolute Gasteiger partial charge is 0.306 e. The summed E-state index contributed by atoms with van der Waals surface area (Å²) in [7, 11) is 0. The fraction of sp³-hybridized carbons (Fsp3) is 0.681. The first kappa shape index (κ1) is 39.4. The monoisotopic (exact) mass is 669 g/mol. The first-order chi connectivity index (χ1) is 23.6. The van der Waals surface area contributed by atoms with Gasteiger partial charge in [-0.25, -0.2) is 0 Å². The molecule has 0 aliphatic heterocycles. The largest absolute Gasteiger partial charge is 0.462 e. The molecule has 4 aliphatic carbocycles. The van der Waals surface area contributed by atoms with E-state index < -0.39 is 0 Å². The molecule has 3 saturated carbocycles. The Morgan fingerprint density at radius 1 is 0.837 bits per heavy atom. The van der Waals surface area contributed by atoms with Crippen molar-refractivity contribution in [3.05, 3.63) is 84.6 Å². The molecule has 0 heterocycles. The minimum Gasteiger partial charge on any atom is -0.462 e. The van der Waals surface area contributed by atoms with Crippen molar-refractivity contribution in [1.29, 1.82) is 0 Å². The molecule has 0 amide bonds. The Labute approximate surface area is 302 Å². The van der Waals surface area contributed by atoms with Crippen LogP contribution in [0, 0.1) is 52.3 Å². The molecule has 0 bridgehead atoms. The molecule has 0 aromatic carbocycles. The van der Waals surface area contributed by atoms with Gasteiger partial charge in [0.05, 0.1) is 0 Å². The lowest BCUT2D eigenvalue weighted by atomic mass is 9.47. The standard InChI is InChI=1S/C47H72O2/c1-8-10-11-12-13-14-15-16-17-18-19-20-21-22-23-24-45(48)49-40-31-33-46(6)39(35-40)27-28-41-43-30-29-42(47(43,7)34-32-44(41)46)37(5)25-26-38(9-2)36(3)4/h10-19,25-27,36-38,40-44H,8-9,20-24,28-35H2,1-7H3/b11-10+,13-12+,15-14-,17-16-,19-18+,26-25+. The molecular weight excluding hydrogens is 597 g/mol. The summed E-state index contributed by atoms with van der Waals surface area (Å²) in [4.78, 5) is 12.8. The molecular formula is C47H72O2. The number of unbranched alkanes of at least 4 members (excludes halogenated alkanes) is 3. The Balaban J connectivity index is 1.19. The van der Waals surface area contributed by atoms with Gasteiger partial charge in [-0.1, -0.05) is 139 Å². The molecule has 0 aromatic heterocycles. The van der Waals surface area contributed by atoms with E-state index in [9.17, 15) is 4.79 Å². The van der Waals surface area contributed by atoms with E-state index in [-0.39, 0.29) is 12.1 Å². The number of carbonyl (C=O) groups is 1. The van der Waals surface area contributed by atoms with E-state index in [2.05, 4.69) is 109 Å². The lowest BCUT2D eigenvalue weighted by Crippen LogP contribution is -2.51. The molecule has 9 unspecified atom stereocenters. The first-order valence-electron chi connectivity index (χ1n) is 20.5. The zero-order valence-electron chi connectivity index (χ0n) is 32.5. The minimum absolute atomic E-state index is 0.0136. The lowest BCUT2D eigenvalue weighted by Gasteiger charge is -2.58. The number of fused-ring (bicyclic) bond motifs is 5. The maximum Gasteiger partial charge on any atom is 0.306 e. The van der Waals surface area contributed by atoms with Crippen molar-refractivity contribution in [3.8, 4) is 0 Å². The van der Waals surface area contributed by atoms with E-state index in [1.807, 2.05) is 18.2 Å². The SMILES string of the molecule is CC/C=C/C=C/C=C\C=C/C=C/CCCCCC(=O)OC1CCC2(C)C(=CCC3C2CCC2(C)C(C(C)/C=C/C(CC)C(C)C)CCC32)C1. The second-order valence-corrected chi connectivity index (χ2v) is 16.9.